The lowest BCUT2D eigenvalue weighted by molar-refractivity contribution is -0.274. The van der Waals surface area contributed by atoms with Gasteiger partial charge in [0, 0.05) is 35.6 Å². The molecular formula is C26H21ClF3NO7. The van der Waals surface area contributed by atoms with E-state index in [0.717, 1.165) is 12.1 Å². The van der Waals surface area contributed by atoms with Gasteiger partial charge in [-0.25, -0.2) is 0 Å². The van der Waals surface area contributed by atoms with Crippen LogP contribution in [0.1, 0.15) is 41.6 Å². The van der Waals surface area contributed by atoms with Gasteiger partial charge in [-0.2, -0.15) is 0 Å². The van der Waals surface area contributed by atoms with Gasteiger partial charge in [0.2, 0.25) is 23.1 Å². The Hall–Kier alpha value is -3.73. The van der Waals surface area contributed by atoms with Crippen LogP contribution in [0.15, 0.2) is 41.6 Å². The number of allylic oxidation sites excluding steroid dienone is 1. The summed E-state index contributed by atoms with van der Waals surface area (Å²) in [7, 11) is 2.73. The largest absolute Gasteiger partial charge is 0.573 e. The maximum absolute atomic E-state index is 14.2. The molecule has 0 saturated heterocycles. The number of methoxy groups -OCH3 is 2. The van der Waals surface area contributed by atoms with Crippen molar-refractivity contribution < 1.29 is 46.5 Å². The van der Waals surface area contributed by atoms with E-state index in [9.17, 15) is 27.6 Å². The van der Waals surface area contributed by atoms with Gasteiger partial charge in [-0.15, -0.1) is 13.2 Å². The van der Waals surface area contributed by atoms with E-state index < -0.39 is 41.1 Å². The molecule has 1 spiro atoms. The minimum absolute atomic E-state index is 0.00190. The molecule has 2 aromatic rings. The van der Waals surface area contributed by atoms with Crippen LogP contribution in [-0.4, -0.2) is 43.7 Å². The topological polar surface area (TPSA) is 100 Å². The zero-order chi connectivity index (χ0) is 27.6. The minimum atomic E-state index is -4.87. The number of hydrogen-bond acceptors (Lipinski definition) is 7. The molecule has 1 aliphatic carbocycles. The molecule has 3 atom stereocenters. The van der Waals surface area contributed by atoms with Gasteiger partial charge in [-0.1, -0.05) is 30.7 Å². The first-order chi connectivity index (χ1) is 17.9. The van der Waals surface area contributed by atoms with E-state index in [1.807, 2.05) is 0 Å². The summed E-state index contributed by atoms with van der Waals surface area (Å²) in [6, 6.07) is 6.34. The zero-order valence-corrected chi connectivity index (χ0v) is 21.1. The molecule has 1 N–H and O–H groups in total. The van der Waals surface area contributed by atoms with Crippen LogP contribution in [-0.2, 0) is 9.59 Å². The second-order valence-corrected chi connectivity index (χ2v) is 9.59. The number of carbonyl (C=O) groups is 3. The summed E-state index contributed by atoms with van der Waals surface area (Å²) in [4.78, 5) is 40.7. The number of fused-ring (bicyclic) bond motifs is 1. The van der Waals surface area contributed by atoms with Gasteiger partial charge in [0.25, 0.3) is 0 Å². The van der Waals surface area contributed by atoms with Crippen molar-refractivity contribution in [3.05, 3.63) is 57.8 Å². The van der Waals surface area contributed by atoms with E-state index in [0.29, 0.717) is 11.3 Å². The van der Waals surface area contributed by atoms with Crippen molar-refractivity contribution in [3.8, 4) is 23.0 Å². The van der Waals surface area contributed by atoms with E-state index in [1.165, 1.54) is 32.4 Å². The van der Waals surface area contributed by atoms with Crippen molar-refractivity contribution in [1.29, 1.82) is 0 Å². The lowest BCUT2D eigenvalue weighted by atomic mass is 9.66. The van der Waals surface area contributed by atoms with Gasteiger partial charge in [-0.05, 0) is 24.1 Å². The molecule has 8 nitrogen and oxygen atoms in total. The Morgan fingerprint density at radius 3 is 2.29 bits per heavy atom. The van der Waals surface area contributed by atoms with Gasteiger partial charge < -0.3 is 24.3 Å². The van der Waals surface area contributed by atoms with Gasteiger partial charge in [0.1, 0.15) is 27.8 Å². The molecule has 0 unspecified atom stereocenters. The normalized spacial score (nSPS) is 24.6. The average molecular weight is 552 g/mol. The van der Waals surface area contributed by atoms with Gasteiger partial charge in [-0.3, -0.25) is 14.4 Å². The number of halogens is 4. The third-order valence-electron chi connectivity index (χ3n) is 7.07. The zero-order valence-electron chi connectivity index (χ0n) is 20.3. The number of ether oxygens (including phenoxy) is 4. The molecular weight excluding hydrogens is 531 g/mol. The summed E-state index contributed by atoms with van der Waals surface area (Å²) >= 11 is 6.46. The van der Waals surface area contributed by atoms with Crippen molar-refractivity contribution in [2.75, 3.05) is 14.2 Å². The Balaban J connectivity index is 1.59. The van der Waals surface area contributed by atoms with Crippen LogP contribution in [0.2, 0.25) is 5.02 Å². The number of nitrogens with one attached hydrogen (secondary N) is 1. The number of benzene rings is 2. The fraction of sp³-hybridized carbons (Fsp3) is 0.346. The highest BCUT2D eigenvalue weighted by atomic mass is 35.5. The number of carbonyl (C=O) groups excluding carboxylic acids is 3. The second-order valence-electron chi connectivity index (χ2n) is 9.21. The SMILES string of the molecule is COc1cc(OC)c2c(c1Cl)O[C@@]1(C(=O)C3=C(C[C@H]1C)NC(=O)C[C@@H]3c1ccc(OC(F)(F)F)cc1)C2=O. The first kappa shape index (κ1) is 25.9. The van der Waals surface area contributed by atoms with Crippen LogP contribution >= 0.6 is 11.6 Å². The summed E-state index contributed by atoms with van der Waals surface area (Å²) in [5.41, 5.74) is -1.08. The Morgan fingerprint density at radius 2 is 1.68 bits per heavy atom. The summed E-state index contributed by atoms with van der Waals surface area (Å²) in [5.74, 6) is -3.38. The molecule has 0 aromatic heterocycles. The molecule has 0 fully saturated rings. The molecule has 0 saturated carbocycles. The molecule has 2 aliphatic heterocycles. The van der Waals surface area contributed by atoms with E-state index >= 15 is 0 Å². The molecule has 1 amide bonds. The van der Waals surface area contributed by atoms with Crippen LogP contribution in [0.25, 0.3) is 0 Å². The molecule has 38 heavy (non-hydrogen) atoms. The second kappa shape index (κ2) is 8.93. The molecule has 0 bridgehead atoms. The fourth-order valence-electron chi connectivity index (χ4n) is 5.38. The van der Waals surface area contributed by atoms with Gasteiger partial charge in [0.15, 0.2) is 5.75 Å². The Bertz CT molecular complexity index is 1400. The molecule has 12 heteroatoms. The number of hydrogen-bond donors (Lipinski definition) is 1. The highest BCUT2D eigenvalue weighted by Crippen LogP contribution is 2.55. The number of alkyl halides is 3. The van der Waals surface area contributed by atoms with E-state index in [-0.39, 0.29) is 52.2 Å². The molecule has 0 radical (unpaired) electrons. The maximum atomic E-state index is 14.2. The minimum Gasteiger partial charge on any atom is -0.496 e. The first-order valence-electron chi connectivity index (χ1n) is 11.5. The van der Waals surface area contributed by atoms with Crippen LogP contribution in [0, 0.1) is 5.92 Å². The smallest absolute Gasteiger partial charge is 0.496 e. The van der Waals surface area contributed by atoms with E-state index in [2.05, 4.69) is 10.1 Å². The van der Waals surface area contributed by atoms with Crippen LogP contribution in [0.3, 0.4) is 0 Å². The quantitative estimate of drug-likeness (QED) is 0.548. The summed E-state index contributed by atoms with van der Waals surface area (Å²) < 4.78 is 58.5. The number of rotatable bonds is 4. The number of Topliss-reactive ketones (excluding diaryl/α,β-unsaturated/α-hetero) is 2. The highest BCUT2D eigenvalue weighted by molar-refractivity contribution is 6.36. The molecule has 200 valence electrons. The van der Waals surface area contributed by atoms with Crippen LogP contribution < -0.4 is 24.3 Å². The fourth-order valence-corrected chi connectivity index (χ4v) is 5.64. The van der Waals surface area contributed by atoms with Crippen molar-refractivity contribution in [3.63, 3.8) is 0 Å². The van der Waals surface area contributed by atoms with Crippen molar-refractivity contribution >= 4 is 29.1 Å². The van der Waals surface area contributed by atoms with Crippen LogP contribution in [0.5, 0.6) is 23.0 Å². The Labute approximate surface area is 219 Å². The number of amides is 1. The van der Waals surface area contributed by atoms with E-state index in [1.54, 1.807) is 6.92 Å². The Morgan fingerprint density at radius 1 is 1.03 bits per heavy atom. The summed E-state index contributed by atoms with van der Waals surface area (Å²) in [6.07, 6.45) is -4.91. The average Bonchev–Trinajstić information content (AvgIpc) is 3.17. The summed E-state index contributed by atoms with van der Waals surface area (Å²) in [6.45, 7) is 1.65. The van der Waals surface area contributed by atoms with Crippen LogP contribution in [0.4, 0.5) is 13.2 Å². The monoisotopic (exact) mass is 551 g/mol. The predicted octanol–water partition coefficient (Wildman–Crippen LogP) is 4.74. The predicted molar refractivity (Wildman–Crippen MR) is 127 cm³/mol. The lowest BCUT2D eigenvalue weighted by Gasteiger charge is -2.41. The highest BCUT2D eigenvalue weighted by Gasteiger charge is 2.63. The first-order valence-corrected chi connectivity index (χ1v) is 11.9. The van der Waals surface area contributed by atoms with Crippen molar-refractivity contribution in [2.45, 2.75) is 37.6 Å². The summed E-state index contributed by atoms with van der Waals surface area (Å²) in [5, 5.41) is 2.73. The number of ketones is 2. The molecule has 2 heterocycles. The third-order valence-corrected chi connectivity index (χ3v) is 7.43. The molecule has 5 rings (SSSR count). The van der Waals surface area contributed by atoms with Crippen molar-refractivity contribution in [1.82, 2.24) is 5.32 Å². The van der Waals surface area contributed by atoms with Gasteiger partial charge >= 0.3 is 6.36 Å². The maximum Gasteiger partial charge on any atom is 0.573 e. The Kier molecular flexibility index (Phi) is 6.09. The standard InChI is InChI=1S/C26H21ClF3NO7/c1-11-8-15-19(14(9-18(32)31-15)12-4-6-13(7-5-12)37-26(28,29)30)23(33)25(11)24(34)20-16(35-2)10-17(36-3)21(27)22(20)38-25/h4-7,10-11,14H,8-9H2,1-3H3,(H,31,32)/t11-,14-,25+/m1/s1. The van der Waals surface area contributed by atoms with Gasteiger partial charge in [0.05, 0.1) is 14.2 Å². The molecule has 2 aromatic carbocycles. The lowest BCUT2D eigenvalue weighted by Crippen LogP contribution is -2.59. The third kappa shape index (κ3) is 3.87. The molecule has 3 aliphatic rings. The van der Waals surface area contributed by atoms with Crippen molar-refractivity contribution in [2.24, 2.45) is 5.92 Å². The van der Waals surface area contributed by atoms with E-state index in [4.69, 9.17) is 25.8 Å².